The molecule has 3 rings (SSSR count). The van der Waals surface area contributed by atoms with E-state index < -0.39 is 0 Å². The van der Waals surface area contributed by atoms with E-state index in [0.717, 1.165) is 50.7 Å². The second-order valence-electron chi connectivity index (χ2n) is 5.01. The predicted octanol–water partition coefficient (Wildman–Crippen LogP) is 2.68. The molecule has 2 heterocycles. The number of benzene rings is 1. The van der Waals surface area contributed by atoms with E-state index in [9.17, 15) is 0 Å². The van der Waals surface area contributed by atoms with Gasteiger partial charge in [0.1, 0.15) is 0 Å². The standard InChI is InChI=1S/C14H18ClNO2/c15-13-3-1-12(2-4-13)11-16-7-5-14(6-8-16)17-9-10-18-14/h1-4H,5-11H2. The van der Waals surface area contributed by atoms with Gasteiger partial charge in [0.2, 0.25) is 0 Å². The third kappa shape index (κ3) is 2.69. The summed E-state index contributed by atoms with van der Waals surface area (Å²) >= 11 is 5.89. The molecule has 1 aromatic rings. The third-order valence-electron chi connectivity index (χ3n) is 3.75. The van der Waals surface area contributed by atoms with Crippen molar-refractivity contribution in [3.63, 3.8) is 0 Å². The molecule has 0 amide bonds. The lowest BCUT2D eigenvalue weighted by Gasteiger charge is -2.37. The molecule has 1 spiro atoms. The summed E-state index contributed by atoms with van der Waals surface area (Å²) in [6, 6.07) is 8.08. The van der Waals surface area contributed by atoms with Crippen LogP contribution in [0.1, 0.15) is 18.4 Å². The van der Waals surface area contributed by atoms with E-state index in [1.54, 1.807) is 0 Å². The quantitative estimate of drug-likeness (QED) is 0.822. The highest BCUT2D eigenvalue weighted by Crippen LogP contribution is 2.31. The Balaban J connectivity index is 1.55. The molecule has 1 aromatic carbocycles. The zero-order valence-electron chi connectivity index (χ0n) is 10.4. The lowest BCUT2D eigenvalue weighted by Crippen LogP contribution is -2.44. The Bertz CT molecular complexity index is 391. The van der Waals surface area contributed by atoms with Gasteiger partial charge in [-0.05, 0) is 17.7 Å². The smallest absolute Gasteiger partial charge is 0.170 e. The first-order valence-corrected chi connectivity index (χ1v) is 6.88. The molecule has 0 atom stereocenters. The van der Waals surface area contributed by atoms with Crippen molar-refractivity contribution in [2.24, 2.45) is 0 Å². The van der Waals surface area contributed by atoms with Crippen LogP contribution >= 0.6 is 11.6 Å². The first-order chi connectivity index (χ1) is 8.76. The molecule has 2 aliphatic rings. The van der Waals surface area contributed by atoms with Crippen molar-refractivity contribution >= 4 is 11.6 Å². The summed E-state index contributed by atoms with van der Waals surface area (Å²) in [5, 5.41) is 0.795. The number of likely N-dealkylation sites (tertiary alicyclic amines) is 1. The monoisotopic (exact) mass is 267 g/mol. The summed E-state index contributed by atoms with van der Waals surface area (Å²) in [5.41, 5.74) is 1.31. The van der Waals surface area contributed by atoms with Crippen LogP contribution in [0.25, 0.3) is 0 Å². The number of piperidine rings is 1. The summed E-state index contributed by atoms with van der Waals surface area (Å²) in [5.74, 6) is -0.267. The van der Waals surface area contributed by atoms with Crippen molar-refractivity contribution in [2.45, 2.75) is 25.2 Å². The van der Waals surface area contributed by atoms with E-state index in [4.69, 9.17) is 21.1 Å². The van der Waals surface area contributed by atoms with Crippen LogP contribution in [0, 0.1) is 0 Å². The predicted molar refractivity (Wildman–Crippen MR) is 70.6 cm³/mol. The number of hydrogen-bond donors (Lipinski definition) is 0. The number of hydrogen-bond acceptors (Lipinski definition) is 3. The fourth-order valence-electron chi connectivity index (χ4n) is 2.69. The molecule has 98 valence electrons. The highest BCUT2D eigenvalue weighted by Gasteiger charge is 2.39. The summed E-state index contributed by atoms with van der Waals surface area (Å²) < 4.78 is 11.5. The molecular weight excluding hydrogens is 250 g/mol. The molecule has 2 fully saturated rings. The van der Waals surface area contributed by atoms with Gasteiger partial charge >= 0.3 is 0 Å². The van der Waals surface area contributed by atoms with Gasteiger partial charge in [0, 0.05) is 37.5 Å². The molecule has 0 aliphatic carbocycles. The zero-order chi connectivity index (χ0) is 12.4. The van der Waals surface area contributed by atoms with E-state index in [2.05, 4.69) is 17.0 Å². The summed E-state index contributed by atoms with van der Waals surface area (Å²) in [4.78, 5) is 2.44. The lowest BCUT2D eigenvalue weighted by atomic mass is 10.0. The Labute approximate surface area is 113 Å². The second kappa shape index (κ2) is 5.17. The second-order valence-corrected chi connectivity index (χ2v) is 5.45. The van der Waals surface area contributed by atoms with Crippen LogP contribution in [0.2, 0.25) is 5.02 Å². The van der Waals surface area contributed by atoms with Crippen LogP contribution in [0.15, 0.2) is 24.3 Å². The van der Waals surface area contributed by atoms with Crippen LogP contribution in [-0.2, 0) is 16.0 Å². The first kappa shape index (κ1) is 12.4. The van der Waals surface area contributed by atoms with Crippen molar-refractivity contribution in [1.82, 2.24) is 4.90 Å². The van der Waals surface area contributed by atoms with Crippen molar-refractivity contribution in [3.05, 3.63) is 34.9 Å². The Morgan fingerprint density at radius 3 is 2.28 bits per heavy atom. The minimum absolute atomic E-state index is 0.267. The molecule has 18 heavy (non-hydrogen) atoms. The van der Waals surface area contributed by atoms with E-state index >= 15 is 0 Å². The van der Waals surface area contributed by atoms with E-state index in [-0.39, 0.29) is 5.79 Å². The van der Waals surface area contributed by atoms with Crippen LogP contribution in [0.4, 0.5) is 0 Å². The fourth-order valence-corrected chi connectivity index (χ4v) is 2.81. The highest BCUT2D eigenvalue weighted by molar-refractivity contribution is 6.30. The van der Waals surface area contributed by atoms with Gasteiger partial charge in [-0.2, -0.15) is 0 Å². The number of nitrogens with zero attached hydrogens (tertiary/aromatic N) is 1. The van der Waals surface area contributed by atoms with Gasteiger partial charge in [-0.25, -0.2) is 0 Å². The van der Waals surface area contributed by atoms with Crippen molar-refractivity contribution in [3.8, 4) is 0 Å². The van der Waals surface area contributed by atoms with Gasteiger partial charge in [-0.3, -0.25) is 4.90 Å². The van der Waals surface area contributed by atoms with Gasteiger partial charge in [0.25, 0.3) is 0 Å². The largest absolute Gasteiger partial charge is 0.347 e. The SMILES string of the molecule is Clc1ccc(CN2CCC3(CC2)OCCO3)cc1. The minimum Gasteiger partial charge on any atom is -0.347 e. The van der Waals surface area contributed by atoms with Crippen LogP contribution in [0.5, 0.6) is 0 Å². The first-order valence-electron chi connectivity index (χ1n) is 6.51. The maximum Gasteiger partial charge on any atom is 0.170 e. The number of ether oxygens (including phenoxy) is 2. The molecule has 2 saturated heterocycles. The topological polar surface area (TPSA) is 21.7 Å². The molecule has 0 N–H and O–H groups in total. The average Bonchev–Trinajstić information content (AvgIpc) is 2.84. The van der Waals surface area contributed by atoms with Crippen LogP contribution < -0.4 is 0 Å². The van der Waals surface area contributed by atoms with E-state index in [1.165, 1.54) is 5.56 Å². The highest BCUT2D eigenvalue weighted by atomic mass is 35.5. The Kier molecular flexibility index (Phi) is 3.57. The maximum absolute atomic E-state index is 5.89. The lowest BCUT2D eigenvalue weighted by molar-refractivity contribution is -0.185. The van der Waals surface area contributed by atoms with Gasteiger partial charge in [-0.1, -0.05) is 23.7 Å². The van der Waals surface area contributed by atoms with Gasteiger partial charge in [-0.15, -0.1) is 0 Å². The molecule has 4 heteroatoms. The van der Waals surface area contributed by atoms with Gasteiger partial charge in [0.05, 0.1) is 13.2 Å². The van der Waals surface area contributed by atoms with E-state index in [1.807, 2.05) is 12.1 Å². The van der Waals surface area contributed by atoms with Crippen LogP contribution in [0.3, 0.4) is 0 Å². The Morgan fingerprint density at radius 2 is 1.67 bits per heavy atom. The van der Waals surface area contributed by atoms with Crippen molar-refractivity contribution in [1.29, 1.82) is 0 Å². The molecule has 3 nitrogen and oxygen atoms in total. The normalized spacial score (nSPS) is 23.6. The average molecular weight is 268 g/mol. The molecular formula is C14H18ClNO2. The molecule has 0 radical (unpaired) electrons. The van der Waals surface area contributed by atoms with Crippen LogP contribution in [-0.4, -0.2) is 37.0 Å². The molecule has 0 aromatic heterocycles. The Morgan fingerprint density at radius 1 is 1.06 bits per heavy atom. The summed E-state index contributed by atoms with van der Waals surface area (Å²) in [7, 11) is 0. The summed E-state index contributed by atoms with van der Waals surface area (Å²) in [6.07, 6.45) is 1.95. The fraction of sp³-hybridized carbons (Fsp3) is 0.571. The number of halogens is 1. The van der Waals surface area contributed by atoms with Gasteiger partial charge < -0.3 is 9.47 Å². The molecule has 0 bridgehead atoms. The van der Waals surface area contributed by atoms with Crippen molar-refractivity contribution in [2.75, 3.05) is 26.3 Å². The van der Waals surface area contributed by atoms with Gasteiger partial charge in [0.15, 0.2) is 5.79 Å². The zero-order valence-corrected chi connectivity index (χ0v) is 11.2. The maximum atomic E-state index is 5.89. The summed E-state index contributed by atoms with van der Waals surface area (Å²) in [6.45, 7) is 4.53. The third-order valence-corrected chi connectivity index (χ3v) is 4.00. The number of rotatable bonds is 2. The minimum atomic E-state index is -0.267. The Hall–Kier alpha value is -0.610. The molecule has 2 aliphatic heterocycles. The molecule has 0 unspecified atom stereocenters. The van der Waals surface area contributed by atoms with Crippen molar-refractivity contribution < 1.29 is 9.47 Å². The molecule has 0 saturated carbocycles. The van der Waals surface area contributed by atoms with E-state index in [0.29, 0.717) is 0 Å².